The number of rotatable bonds is 5. The number of allylic oxidation sites excluding steroid dienone is 1. The van der Waals surface area contributed by atoms with Gasteiger partial charge in [0, 0.05) is 15.5 Å². The molecule has 0 saturated carbocycles. The van der Waals surface area contributed by atoms with Crippen LogP contribution in [0.2, 0.25) is 0 Å². The van der Waals surface area contributed by atoms with Crippen LogP contribution in [-0.4, -0.2) is 6.54 Å². The zero-order valence-corrected chi connectivity index (χ0v) is 11.6. The van der Waals surface area contributed by atoms with Crippen molar-refractivity contribution >= 4 is 34.8 Å². The molecule has 0 amide bonds. The van der Waals surface area contributed by atoms with E-state index in [9.17, 15) is 0 Å². The molecule has 4 N–H and O–H groups in total. The Morgan fingerprint density at radius 2 is 1.67 bits per heavy atom. The molecule has 0 unspecified atom stereocenters. The Morgan fingerprint density at radius 1 is 1.06 bits per heavy atom. The summed E-state index contributed by atoms with van der Waals surface area (Å²) in [5.41, 5.74) is 13.7. The Hall–Kier alpha value is -1.36. The highest BCUT2D eigenvalue weighted by atomic mass is 32.1. The van der Waals surface area contributed by atoms with Gasteiger partial charge in [-0.3, -0.25) is 0 Å². The van der Waals surface area contributed by atoms with E-state index in [0.29, 0.717) is 6.54 Å². The Bertz CT molecular complexity index is 522. The van der Waals surface area contributed by atoms with Crippen LogP contribution in [-0.2, 0) is 0 Å². The smallest absolute Gasteiger partial charge is 0.0361 e. The molecule has 2 nitrogen and oxygen atoms in total. The highest BCUT2D eigenvalue weighted by molar-refractivity contribution is 7.11. The summed E-state index contributed by atoms with van der Waals surface area (Å²) in [4.78, 5) is 2.38. The summed E-state index contributed by atoms with van der Waals surface area (Å²) in [6.07, 6.45) is 4.93. The molecule has 4 heteroatoms. The molecular weight excluding hydrogens is 260 g/mol. The van der Waals surface area contributed by atoms with Gasteiger partial charge in [-0.25, -0.2) is 0 Å². The summed E-state index contributed by atoms with van der Waals surface area (Å²) in [5, 5.41) is 4.11. The van der Waals surface area contributed by atoms with E-state index in [1.54, 1.807) is 22.7 Å². The van der Waals surface area contributed by atoms with Crippen LogP contribution in [0.25, 0.3) is 12.2 Å². The standard InChI is InChI=1S/C14H16N2S2/c15-6-5-11(9-12-3-1-7-17-12)14(16)10-13-4-2-8-18-13/h1-4,7-10H,5-6,15-16H2. The van der Waals surface area contributed by atoms with Crippen molar-refractivity contribution in [3.05, 3.63) is 56.1 Å². The molecular formula is C14H16N2S2. The predicted octanol–water partition coefficient (Wildman–Crippen LogP) is 3.54. The molecule has 0 aromatic carbocycles. The second-order valence-corrected chi connectivity index (χ2v) is 5.80. The van der Waals surface area contributed by atoms with Crippen molar-refractivity contribution in [3.63, 3.8) is 0 Å². The van der Waals surface area contributed by atoms with Gasteiger partial charge >= 0.3 is 0 Å². The Balaban J connectivity index is 2.25. The lowest BCUT2D eigenvalue weighted by atomic mass is 10.1. The molecule has 2 rings (SSSR count). The zero-order valence-electron chi connectivity index (χ0n) is 10.0. The number of hydrogen-bond acceptors (Lipinski definition) is 4. The normalized spacial score (nSPS) is 12.9. The molecule has 2 aromatic heterocycles. The topological polar surface area (TPSA) is 52.0 Å². The van der Waals surface area contributed by atoms with Crippen LogP contribution in [0.1, 0.15) is 16.2 Å². The maximum atomic E-state index is 6.16. The minimum absolute atomic E-state index is 0.607. The average Bonchev–Trinajstić information content (AvgIpc) is 3.01. The monoisotopic (exact) mass is 276 g/mol. The Kier molecular flexibility index (Phi) is 4.75. The van der Waals surface area contributed by atoms with Gasteiger partial charge in [0.2, 0.25) is 0 Å². The largest absolute Gasteiger partial charge is 0.398 e. The molecule has 0 fully saturated rings. The van der Waals surface area contributed by atoms with E-state index in [4.69, 9.17) is 11.5 Å². The lowest BCUT2D eigenvalue weighted by Gasteiger charge is -2.06. The highest BCUT2D eigenvalue weighted by Crippen LogP contribution is 2.21. The lowest BCUT2D eigenvalue weighted by Crippen LogP contribution is -2.07. The van der Waals surface area contributed by atoms with Crippen LogP contribution in [0, 0.1) is 0 Å². The van der Waals surface area contributed by atoms with Crippen molar-refractivity contribution in [3.8, 4) is 0 Å². The van der Waals surface area contributed by atoms with Crippen LogP contribution < -0.4 is 11.5 Å². The molecule has 0 aliphatic carbocycles. The van der Waals surface area contributed by atoms with Gasteiger partial charge in [0.05, 0.1) is 0 Å². The van der Waals surface area contributed by atoms with Gasteiger partial charge in [-0.2, -0.15) is 0 Å². The maximum Gasteiger partial charge on any atom is 0.0361 e. The summed E-state index contributed by atoms with van der Waals surface area (Å²) < 4.78 is 0. The summed E-state index contributed by atoms with van der Waals surface area (Å²) >= 11 is 3.39. The van der Waals surface area contributed by atoms with E-state index in [2.05, 4.69) is 23.6 Å². The van der Waals surface area contributed by atoms with Crippen molar-refractivity contribution < 1.29 is 0 Å². The first-order valence-electron chi connectivity index (χ1n) is 5.75. The quantitative estimate of drug-likeness (QED) is 0.821. The third kappa shape index (κ3) is 3.57. The minimum atomic E-state index is 0.607. The fourth-order valence-corrected chi connectivity index (χ4v) is 2.97. The summed E-state index contributed by atoms with van der Waals surface area (Å²) in [6, 6.07) is 8.20. The van der Waals surface area contributed by atoms with E-state index in [-0.39, 0.29) is 0 Å². The highest BCUT2D eigenvalue weighted by Gasteiger charge is 2.02. The fraction of sp³-hybridized carbons (Fsp3) is 0.143. The molecule has 0 aliphatic rings. The molecule has 0 saturated heterocycles. The predicted molar refractivity (Wildman–Crippen MR) is 82.5 cm³/mol. The Morgan fingerprint density at radius 3 is 2.17 bits per heavy atom. The van der Waals surface area contributed by atoms with Gasteiger partial charge in [-0.15, -0.1) is 22.7 Å². The van der Waals surface area contributed by atoms with Gasteiger partial charge in [0.25, 0.3) is 0 Å². The van der Waals surface area contributed by atoms with E-state index >= 15 is 0 Å². The van der Waals surface area contributed by atoms with E-state index < -0.39 is 0 Å². The van der Waals surface area contributed by atoms with Crippen LogP contribution >= 0.6 is 22.7 Å². The molecule has 0 bridgehead atoms. The van der Waals surface area contributed by atoms with Crippen molar-refractivity contribution in [1.82, 2.24) is 0 Å². The van der Waals surface area contributed by atoms with Crippen LogP contribution in [0.5, 0.6) is 0 Å². The van der Waals surface area contributed by atoms with Gasteiger partial charge in [0.1, 0.15) is 0 Å². The van der Waals surface area contributed by atoms with Crippen molar-refractivity contribution in [2.75, 3.05) is 6.54 Å². The van der Waals surface area contributed by atoms with E-state index in [1.165, 1.54) is 9.75 Å². The van der Waals surface area contributed by atoms with E-state index in [1.807, 2.05) is 23.6 Å². The number of thiophene rings is 2. The number of nitrogens with two attached hydrogens (primary N) is 2. The molecule has 0 aliphatic heterocycles. The summed E-state index contributed by atoms with van der Waals surface area (Å²) in [5.74, 6) is 0. The van der Waals surface area contributed by atoms with Gasteiger partial charge < -0.3 is 11.5 Å². The Labute approximate surface area is 115 Å². The maximum absolute atomic E-state index is 6.16. The number of hydrogen-bond donors (Lipinski definition) is 2. The fourth-order valence-electron chi connectivity index (χ4n) is 1.62. The first-order chi connectivity index (χ1) is 8.79. The molecule has 18 heavy (non-hydrogen) atoms. The summed E-state index contributed by atoms with van der Waals surface area (Å²) in [6.45, 7) is 0.607. The first-order valence-corrected chi connectivity index (χ1v) is 7.50. The molecule has 2 heterocycles. The summed E-state index contributed by atoms with van der Waals surface area (Å²) in [7, 11) is 0. The van der Waals surface area contributed by atoms with E-state index in [0.717, 1.165) is 17.7 Å². The third-order valence-electron chi connectivity index (χ3n) is 2.49. The van der Waals surface area contributed by atoms with Crippen LogP contribution in [0.15, 0.2) is 46.3 Å². The molecule has 2 aromatic rings. The third-order valence-corrected chi connectivity index (χ3v) is 4.12. The molecule has 0 radical (unpaired) electrons. The van der Waals surface area contributed by atoms with Crippen molar-refractivity contribution in [2.24, 2.45) is 11.5 Å². The lowest BCUT2D eigenvalue weighted by molar-refractivity contribution is 0.960. The van der Waals surface area contributed by atoms with Crippen molar-refractivity contribution in [2.45, 2.75) is 6.42 Å². The minimum Gasteiger partial charge on any atom is -0.398 e. The molecule has 0 atom stereocenters. The zero-order chi connectivity index (χ0) is 12.8. The SMILES string of the molecule is NCCC(=Cc1cccs1)C(N)=Cc1cccs1. The van der Waals surface area contributed by atoms with Gasteiger partial charge in [-0.1, -0.05) is 12.1 Å². The van der Waals surface area contributed by atoms with Gasteiger partial charge in [0.15, 0.2) is 0 Å². The second-order valence-electron chi connectivity index (χ2n) is 3.84. The first kappa shape index (κ1) is 13.1. The van der Waals surface area contributed by atoms with Crippen LogP contribution in [0.3, 0.4) is 0 Å². The van der Waals surface area contributed by atoms with Crippen molar-refractivity contribution in [1.29, 1.82) is 0 Å². The van der Waals surface area contributed by atoms with Gasteiger partial charge in [-0.05, 0) is 53.6 Å². The molecule has 0 spiro atoms. The average molecular weight is 276 g/mol. The second kappa shape index (κ2) is 6.54. The van der Waals surface area contributed by atoms with Crippen LogP contribution in [0.4, 0.5) is 0 Å². The molecule has 94 valence electrons.